The van der Waals surface area contributed by atoms with E-state index in [1.54, 1.807) is 6.92 Å². The number of amides is 1. The van der Waals surface area contributed by atoms with E-state index in [0.29, 0.717) is 6.61 Å². The van der Waals surface area contributed by atoms with E-state index in [2.05, 4.69) is 38.2 Å². The van der Waals surface area contributed by atoms with Crippen LogP contribution >= 0.6 is 0 Å². The summed E-state index contributed by atoms with van der Waals surface area (Å²) in [4.78, 5) is 13.8. The molecule has 0 saturated carbocycles. The summed E-state index contributed by atoms with van der Waals surface area (Å²) in [7, 11) is 0. The molecule has 3 rings (SSSR count). The van der Waals surface area contributed by atoms with E-state index in [1.807, 2.05) is 4.90 Å². The predicted molar refractivity (Wildman–Crippen MR) is 91.5 cm³/mol. The lowest BCUT2D eigenvalue weighted by Crippen LogP contribution is -2.39. The quantitative estimate of drug-likeness (QED) is 0.866. The van der Waals surface area contributed by atoms with E-state index in [4.69, 9.17) is 4.74 Å². The summed E-state index contributed by atoms with van der Waals surface area (Å²) in [6.07, 6.45) is 0.944. The van der Waals surface area contributed by atoms with Gasteiger partial charge in [-0.1, -0.05) is 32.9 Å². The molecule has 0 radical (unpaired) electrons. The van der Waals surface area contributed by atoms with Crippen LogP contribution in [0.15, 0.2) is 12.1 Å². The zero-order chi connectivity index (χ0) is 16.6. The first-order valence-electron chi connectivity index (χ1n) is 8.59. The number of nitrogens with one attached hydrogen (secondary N) is 1. The van der Waals surface area contributed by atoms with E-state index < -0.39 is 0 Å². The molecular formula is C19H28N2O2. The molecule has 1 unspecified atom stereocenters. The fourth-order valence-corrected chi connectivity index (χ4v) is 3.48. The number of morpholine rings is 1. The van der Waals surface area contributed by atoms with E-state index in [1.165, 1.54) is 22.3 Å². The van der Waals surface area contributed by atoms with Gasteiger partial charge in [-0.25, -0.2) is 0 Å². The molecule has 1 N–H and O–H groups in total. The average Bonchev–Trinajstić information content (AvgIpc) is 2.53. The van der Waals surface area contributed by atoms with Gasteiger partial charge in [-0.2, -0.15) is 0 Å². The molecular weight excluding hydrogens is 288 g/mol. The summed E-state index contributed by atoms with van der Waals surface area (Å²) in [6.45, 7) is 12.4. The van der Waals surface area contributed by atoms with Gasteiger partial charge in [0.05, 0.1) is 19.3 Å². The van der Waals surface area contributed by atoms with Crippen LogP contribution in [0, 0.1) is 0 Å². The standard InChI is InChI=1S/C19H28N2O2/c1-13(22)21-7-5-14-9-15(19(2,3)4)10-16(17(14)11-21)18-12-23-8-6-20-18/h9-10,18,20H,5-8,11-12H2,1-4H3. The van der Waals surface area contributed by atoms with Gasteiger partial charge >= 0.3 is 0 Å². The minimum absolute atomic E-state index is 0.122. The Balaban J connectivity index is 2.05. The Morgan fingerprint density at radius 2 is 2.13 bits per heavy atom. The summed E-state index contributed by atoms with van der Waals surface area (Å²) in [6, 6.07) is 4.90. The van der Waals surface area contributed by atoms with Gasteiger partial charge in [0.1, 0.15) is 0 Å². The number of carbonyl (C=O) groups is 1. The Morgan fingerprint density at radius 1 is 1.35 bits per heavy atom. The third-order valence-corrected chi connectivity index (χ3v) is 4.99. The maximum absolute atomic E-state index is 11.8. The lowest BCUT2D eigenvalue weighted by molar-refractivity contribution is -0.129. The zero-order valence-corrected chi connectivity index (χ0v) is 14.7. The first-order valence-corrected chi connectivity index (χ1v) is 8.59. The normalized spacial score (nSPS) is 21.9. The van der Waals surface area contributed by atoms with Gasteiger partial charge < -0.3 is 15.0 Å². The van der Waals surface area contributed by atoms with Crippen molar-refractivity contribution in [3.63, 3.8) is 0 Å². The molecule has 4 heteroatoms. The number of nitrogens with zero attached hydrogens (tertiary/aromatic N) is 1. The van der Waals surface area contributed by atoms with Crippen LogP contribution in [0.4, 0.5) is 0 Å². The zero-order valence-electron chi connectivity index (χ0n) is 14.7. The van der Waals surface area contributed by atoms with Crippen LogP contribution in [-0.2, 0) is 27.9 Å². The Labute approximate surface area is 139 Å². The molecule has 1 aromatic rings. The van der Waals surface area contributed by atoms with Crippen LogP contribution in [-0.4, -0.2) is 37.1 Å². The van der Waals surface area contributed by atoms with Crippen LogP contribution in [0.5, 0.6) is 0 Å². The lowest BCUT2D eigenvalue weighted by atomic mass is 9.80. The lowest BCUT2D eigenvalue weighted by Gasteiger charge is -2.35. The number of fused-ring (bicyclic) bond motifs is 1. The molecule has 1 fully saturated rings. The molecule has 1 aromatic carbocycles. The summed E-state index contributed by atoms with van der Waals surface area (Å²) >= 11 is 0. The fraction of sp³-hybridized carbons (Fsp3) is 0.632. The van der Waals surface area contributed by atoms with E-state index in [9.17, 15) is 4.79 Å². The van der Waals surface area contributed by atoms with E-state index in [0.717, 1.165) is 32.7 Å². The molecule has 2 heterocycles. The predicted octanol–water partition coefficient (Wildman–Crippen LogP) is 2.55. The van der Waals surface area contributed by atoms with E-state index in [-0.39, 0.29) is 17.4 Å². The van der Waals surface area contributed by atoms with Crippen LogP contribution in [0.2, 0.25) is 0 Å². The molecule has 4 nitrogen and oxygen atoms in total. The van der Waals surface area contributed by atoms with E-state index >= 15 is 0 Å². The maximum atomic E-state index is 11.8. The Hall–Kier alpha value is -1.39. The Kier molecular flexibility index (Phi) is 4.47. The molecule has 1 saturated heterocycles. The summed E-state index contributed by atoms with van der Waals surface area (Å²) in [5, 5.41) is 3.58. The van der Waals surface area contributed by atoms with Gasteiger partial charge in [0.25, 0.3) is 0 Å². The fourth-order valence-electron chi connectivity index (χ4n) is 3.48. The highest BCUT2D eigenvalue weighted by Crippen LogP contribution is 2.34. The second kappa shape index (κ2) is 6.25. The molecule has 0 spiro atoms. The number of carbonyl (C=O) groups excluding carboxylic acids is 1. The monoisotopic (exact) mass is 316 g/mol. The molecule has 2 aliphatic rings. The smallest absolute Gasteiger partial charge is 0.219 e. The van der Waals surface area contributed by atoms with Gasteiger partial charge in [-0.15, -0.1) is 0 Å². The van der Waals surface area contributed by atoms with Crippen molar-refractivity contribution in [2.45, 2.75) is 52.1 Å². The van der Waals surface area contributed by atoms with Crippen molar-refractivity contribution < 1.29 is 9.53 Å². The third-order valence-electron chi connectivity index (χ3n) is 4.99. The Bertz CT molecular complexity index is 598. The van der Waals surface area contributed by atoms with Crippen molar-refractivity contribution in [3.8, 4) is 0 Å². The van der Waals surface area contributed by atoms with Gasteiger partial charge in [-0.05, 0) is 34.1 Å². The van der Waals surface area contributed by atoms with Crippen molar-refractivity contribution in [1.82, 2.24) is 10.2 Å². The minimum atomic E-state index is 0.122. The van der Waals surface area contributed by atoms with Crippen LogP contribution in [0.1, 0.15) is 56.0 Å². The van der Waals surface area contributed by atoms with Crippen LogP contribution < -0.4 is 5.32 Å². The van der Waals surface area contributed by atoms with Crippen molar-refractivity contribution >= 4 is 5.91 Å². The van der Waals surface area contributed by atoms with Crippen molar-refractivity contribution in [1.29, 1.82) is 0 Å². The van der Waals surface area contributed by atoms with Crippen LogP contribution in [0.25, 0.3) is 0 Å². The van der Waals surface area contributed by atoms with Gasteiger partial charge in [0.15, 0.2) is 0 Å². The summed E-state index contributed by atoms with van der Waals surface area (Å²) in [5.41, 5.74) is 5.53. The average molecular weight is 316 g/mol. The molecule has 0 aliphatic carbocycles. The first-order chi connectivity index (χ1) is 10.9. The van der Waals surface area contributed by atoms with Crippen molar-refractivity contribution in [3.05, 3.63) is 34.4 Å². The SMILES string of the molecule is CC(=O)N1CCc2cc(C(C)(C)C)cc(C3COCCN3)c2C1. The summed E-state index contributed by atoms with van der Waals surface area (Å²) in [5.74, 6) is 0.161. The Morgan fingerprint density at radius 3 is 2.74 bits per heavy atom. The van der Waals surface area contributed by atoms with Gasteiger partial charge in [-0.3, -0.25) is 4.79 Å². The second-order valence-electron chi connectivity index (χ2n) is 7.73. The minimum Gasteiger partial charge on any atom is -0.378 e. The van der Waals surface area contributed by atoms with Crippen LogP contribution in [0.3, 0.4) is 0 Å². The number of benzene rings is 1. The maximum Gasteiger partial charge on any atom is 0.219 e. The van der Waals surface area contributed by atoms with Crippen molar-refractivity contribution in [2.75, 3.05) is 26.3 Å². The molecule has 1 atom stereocenters. The number of hydrogen-bond acceptors (Lipinski definition) is 3. The third kappa shape index (κ3) is 3.43. The molecule has 2 aliphatic heterocycles. The molecule has 23 heavy (non-hydrogen) atoms. The topological polar surface area (TPSA) is 41.6 Å². The largest absolute Gasteiger partial charge is 0.378 e. The van der Waals surface area contributed by atoms with Gasteiger partial charge in [0.2, 0.25) is 5.91 Å². The van der Waals surface area contributed by atoms with Crippen molar-refractivity contribution in [2.24, 2.45) is 0 Å². The number of hydrogen-bond donors (Lipinski definition) is 1. The number of rotatable bonds is 1. The highest BCUT2D eigenvalue weighted by atomic mass is 16.5. The highest BCUT2D eigenvalue weighted by molar-refractivity contribution is 5.73. The molecule has 1 amide bonds. The molecule has 126 valence electrons. The summed E-state index contributed by atoms with van der Waals surface area (Å²) < 4.78 is 5.68. The van der Waals surface area contributed by atoms with Gasteiger partial charge in [0, 0.05) is 26.6 Å². The molecule has 0 bridgehead atoms. The molecule has 0 aromatic heterocycles. The first kappa shape index (κ1) is 16.5. The second-order valence-corrected chi connectivity index (χ2v) is 7.73. The highest BCUT2D eigenvalue weighted by Gasteiger charge is 2.28. The number of ether oxygens (including phenoxy) is 1.